The van der Waals surface area contributed by atoms with E-state index in [1.54, 1.807) is 0 Å². The summed E-state index contributed by atoms with van der Waals surface area (Å²) >= 11 is 0. The Bertz CT molecular complexity index is 3440. The van der Waals surface area contributed by atoms with Crippen LogP contribution in [0.15, 0.2) is 186 Å². The molecular weight excluding hydrogens is 709 g/mol. The van der Waals surface area contributed by atoms with E-state index in [1.165, 1.54) is 32.7 Å². The third kappa shape index (κ3) is 5.07. The Kier molecular flexibility index (Phi) is 7.29. The van der Waals surface area contributed by atoms with Gasteiger partial charge in [-0.15, -0.1) is 0 Å². The Morgan fingerprint density at radius 1 is 0.448 bits per heavy atom. The molecule has 0 saturated carbocycles. The predicted octanol–water partition coefficient (Wildman–Crippen LogP) is 13.9. The number of aromatic nitrogens is 4. The number of furan rings is 1. The van der Waals surface area contributed by atoms with Crippen LogP contribution in [0.5, 0.6) is 0 Å². The van der Waals surface area contributed by atoms with Gasteiger partial charge in [0.25, 0.3) is 0 Å². The maximum absolute atomic E-state index is 7.21. The first-order chi connectivity index (χ1) is 28.8. The first kappa shape index (κ1) is 32.6. The Labute approximate surface area is 333 Å². The molecule has 0 bridgehead atoms. The van der Waals surface area contributed by atoms with E-state index >= 15 is 0 Å². The summed E-state index contributed by atoms with van der Waals surface area (Å²) in [5.41, 5.74) is 10.1. The van der Waals surface area contributed by atoms with Crippen molar-refractivity contribution >= 4 is 70.9 Å². The molecule has 1 aliphatic carbocycles. The topological polar surface area (TPSA) is 56.7 Å². The largest absolute Gasteiger partial charge is 0.453 e. The Morgan fingerprint density at radius 2 is 1.12 bits per heavy atom. The molecule has 1 aliphatic rings. The van der Waals surface area contributed by atoms with Crippen molar-refractivity contribution < 1.29 is 4.42 Å². The second-order valence-electron chi connectivity index (χ2n) is 15.0. The number of nitrogens with zero attached hydrogens (tertiary/aromatic N) is 4. The van der Waals surface area contributed by atoms with Crippen LogP contribution in [-0.2, 0) is 0 Å². The number of benzene rings is 8. The summed E-state index contributed by atoms with van der Waals surface area (Å²) in [6.07, 6.45) is 9.04. The van der Waals surface area contributed by atoms with Gasteiger partial charge in [-0.3, -0.25) is 0 Å². The zero-order chi connectivity index (χ0) is 38.2. The highest BCUT2D eigenvalue weighted by Gasteiger charge is 2.24. The highest BCUT2D eigenvalue weighted by atomic mass is 16.3. The SMILES string of the molecule is C1=CC(c2ccc3c(c2)c2c4ccccc4ccc2n3-c2cccc3c2oc2c4ccccc4cc(-c4nc(-c5ccccc5)nc(-c5ccccc5)n4)c32)=CCC1. The molecule has 0 N–H and O–H groups in total. The van der Waals surface area contributed by atoms with Crippen LogP contribution in [0.2, 0.25) is 0 Å². The maximum atomic E-state index is 7.21. The summed E-state index contributed by atoms with van der Waals surface area (Å²) in [6, 6.07) is 57.5. The van der Waals surface area contributed by atoms with Gasteiger partial charge in [-0.2, -0.15) is 0 Å². The van der Waals surface area contributed by atoms with E-state index in [-0.39, 0.29) is 0 Å². The maximum Gasteiger partial charge on any atom is 0.164 e. The molecule has 58 heavy (non-hydrogen) atoms. The van der Waals surface area contributed by atoms with Gasteiger partial charge in [0.1, 0.15) is 5.58 Å². The fourth-order valence-electron chi connectivity index (χ4n) is 8.96. The second kappa shape index (κ2) is 13.0. The van der Waals surface area contributed by atoms with Crippen LogP contribution in [0.3, 0.4) is 0 Å². The summed E-state index contributed by atoms with van der Waals surface area (Å²) in [5, 5.41) is 8.97. The molecular formula is C53H34N4O. The lowest BCUT2D eigenvalue weighted by atomic mass is 9.97. The van der Waals surface area contributed by atoms with Gasteiger partial charge in [-0.1, -0.05) is 152 Å². The average molecular weight is 743 g/mol. The number of rotatable bonds is 5. The third-order valence-corrected chi connectivity index (χ3v) is 11.6. The minimum atomic E-state index is 0.596. The van der Waals surface area contributed by atoms with E-state index in [0.717, 1.165) is 79.0 Å². The van der Waals surface area contributed by atoms with Crippen LogP contribution in [-0.4, -0.2) is 19.5 Å². The molecule has 0 spiro atoms. The van der Waals surface area contributed by atoms with Crippen molar-refractivity contribution in [3.8, 4) is 39.9 Å². The summed E-state index contributed by atoms with van der Waals surface area (Å²) in [6.45, 7) is 0. The summed E-state index contributed by atoms with van der Waals surface area (Å²) in [5.74, 6) is 1.84. The predicted molar refractivity (Wildman–Crippen MR) is 239 cm³/mol. The van der Waals surface area contributed by atoms with Gasteiger partial charge in [0.2, 0.25) is 0 Å². The summed E-state index contributed by atoms with van der Waals surface area (Å²) in [4.78, 5) is 15.4. The van der Waals surface area contributed by atoms with Crippen molar-refractivity contribution in [3.05, 3.63) is 188 Å². The van der Waals surface area contributed by atoms with E-state index < -0.39 is 0 Å². The zero-order valence-corrected chi connectivity index (χ0v) is 31.4. The lowest BCUT2D eigenvalue weighted by Crippen LogP contribution is -2.00. The first-order valence-corrected chi connectivity index (χ1v) is 19.8. The van der Waals surface area contributed by atoms with Crippen LogP contribution < -0.4 is 0 Å². The van der Waals surface area contributed by atoms with Crippen molar-refractivity contribution in [2.45, 2.75) is 12.8 Å². The smallest absolute Gasteiger partial charge is 0.164 e. The number of para-hydroxylation sites is 1. The summed E-state index contributed by atoms with van der Waals surface area (Å²) in [7, 11) is 0. The van der Waals surface area contributed by atoms with Gasteiger partial charge in [0.15, 0.2) is 23.1 Å². The van der Waals surface area contributed by atoms with Crippen LogP contribution in [0.1, 0.15) is 18.4 Å². The van der Waals surface area contributed by atoms with Crippen molar-refractivity contribution in [3.63, 3.8) is 0 Å². The van der Waals surface area contributed by atoms with Gasteiger partial charge in [-0.05, 0) is 70.5 Å². The molecule has 11 aromatic rings. The van der Waals surface area contributed by atoms with E-state index in [0.29, 0.717) is 17.5 Å². The summed E-state index contributed by atoms with van der Waals surface area (Å²) < 4.78 is 9.60. The molecule has 5 nitrogen and oxygen atoms in total. The number of fused-ring (bicyclic) bond motifs is 10. The van der Waals surface area contributed by atoms with Crippen LogP contribution in [0.4, 0.5) is 0 Å². The van der Waals surface area contributed by atoms with E-state index in [9.17, 15) is 0 Å². The van der Waals surface area contributed by atoms with Crippen molar-refractivity contribution in [2.75, 3.05) is 0 Å². The monoisotopic (exact) mass is 742 g/mol. The van der Waals surface area contributed by atoms with Crippen molar-refractivity contribution in [1.29, 1.82) is 0 Å². The zero-order valence-electron chi connectivity index (χ0n) is 31.4. The minimum Gasteiger partial charge on any atom is -0.453 e. The number of allylic oxidation sites excluding steroid dienone is 4. The Balaban J connectivity index is 1.17. The van der Waals surface area contributed by atoms with Crippen LogP contribution in [0, 0.1) is 0 Å². The normalized spacial score (nSPS) is 13.1. The fraction of sp³-hybridized carbons (Fsp3) is 0.0377. The minimum absolute atomic E-state index is 0.596. The molecule has 3 aromatic heterocycles. The molecule has 0 amide bonds. The molecule has 0 saturated heterocycles. The molecule has 12 rings (SSSR count). The molecule has 272 valence electrons. The van der Waals surface area contributed by atoms with Gasteiger partial charge in [0, 0.05) is 43.6 Å². The molecule has 0 fully saturated rings. The molecule has 3 heterocycles. The Hall–Kier alpha value is -7.63. The number of hydrogen-bond acceptors (Lipinski definition) is 4. The van der Waals surface area contributed by atoms with Gasteiger partial charge >= 0.3 is 0 Å². The van der Waals surface area contributed by atoms with Gasteiger partial charge in [-0.25, -0.2) is 15.0 Å². The standard InChI is InChI=1S/C53H34N4O/c1-4-15-33(16-5-1)37-28-29-44-42(31-37)47-39-23-12-10-17-34(39)27-30-45(47)57(44)46-26-14-25-41-48-43(32-38-22-11-13-24-40(38)50(48)58-49(41)46)53-55-51(35-18-6-2-7-19-35)54-52(56-53)36-20-8-3-9-21-36/h2-4,6-32H,1,5H2. The third-order valence-electron chi connectivity index (χ3n) is 11.6. The van der Waals surface area contributed by atoms with E-state index in [2.05, 4.69) is 126 Å². The molecule has 5 heteroatoms. The quantitative estimate of drug-likeness (QED) is 0.176. The lowest BCUT2D eigenvalue weighted by Gasteiger charge is -2.11. The van der Waals surface area contributed by atoms with Crippen molar-refractivity contribution in [2.24, 2.45) is 0 Å². The van der Waals surface area contributed by atoms with Crippen LogP contribution in [0.25, 0.3) is 111 Å². The molecule has 0 radical (unpaired) electrons. The highest BCUT2D eigenvalue weighted by molar-refractivity contribution is 6.24. The molecule has 0 aliphatic heterocycles. The highest BCUT2D eigenvalue weighted by Crippen LogP contribution is 2.45. The molecule has 8 aromatic carbocycles. The van der Waals surface area contributed by atoms with E-state index in [4.69, 9.17) is 19.4 Å². The Morgan fingerprint density at radius 3 is 1.88 bits per heavy atom. The first-order valence-electron chi connectivity index (χ1n) is 19.8. The van der Waals surface area contributed by atoms with Crippen LogP contribution >= 0.6 is 0 Å². The molecule has 0 unspecified atom stereocenters. The molecule has 0 atom stereocenters. The van der Waals surface area contributed by atoms with Crippen molar-refractivity contribution in [1.82, 2.24) is 19.5 Å². The van der Waals surface area contributed by atoms with Gasteiger partial charge in [0.05, 0.1) is 16.7 Å². The second-order valence-corrected chi connectivity index (χ2v) is 15.0. The average Bonchev–Trinajstić information content (AvgIpc) is 3.86. The van der Waals surface area contributed by atoms with Gasteiger partial charge < -0.3 is 8.98 Å². The number of hydrogen-bond donors (Lipinski definition) is 0. The lowest BCUT2D eigenvalue weighted by molar-refractivity contribution is 0.670. The van der Waals surface area contributed by atoms with E-state index in [1.807, 2.05) is 60.7 Å². The fourth-order valence-corrected chi connectivity index (χ4v) is 8.96.